The average Bonchev–Trinajstić information content (AvgIpc) is 2.25. The quantitative estimate of drug-likeness (QED) is 0.639. The highest BCUT2D eigenvalue weighted by Crippen LogP contribution is 2.58. The van der Waals surface area contributed by atoms with E-state index in [-0.39, 0.29) is 16.2 Å². The molecule has 0 fully saturated rings. The minimum atomic E-state index is 0.162. The molecule has 0 spiro atoms. The van der Waals surface area contributed by atoms with Crippen molar-refractivity contribution in [3.63, 3.8) is 0 Å². The molecule has 0 unspecified atom stereocenters. The van der Waals surface area contributed by atoms with Gasteiger partial charge in [-0.15, -0.1) is 0 Å². The van der Waals surface area contributed by atoms with Gasteiger partial charge in [0.05, 0.1) is 6.61 Å². The molecule has 0 amide bonds. The second-order valence-electron chi connectivity index (χ2n) is 7.50. The Hall–Kier alpha value is -0.980. The zero-order valence-electron chi connectivity index (χ0n) is 12.6. The number of para-hydroxylation sites is 1. The first-order chi connectivity index (χ1) is 8.20. The average molecular weight is 246 g/mol. The van der Waals surface area contributed by atoms with Crippen LogP contribution < -0.4 is 4.74 Å². The zero-order valence-corrected chi connectivity index (χ0v) is 12.6. The van der Waals surface area contributed by atoms with Crippen molar-refractivity contribution < 1.29 is 4.74 Å². The third kappa shape index (κ3) is 1.75. The summed E-state index contributed by atoms with van der Waals surface area (Å²) in [6.07, 6.45) is 1.09. The molecular formula is C17H26O. The minimum Gasteiger partial charge on any atom is -0.493 e. The summed E-state index contributed by atoms with van der Waals surface area (Å²) in [7, 11) is 0. The van der Waals surface area contributed by atoms with E-state index >= 15 is 0 Å². The first kappa shape index (κ1) is 13.5. The smallest absolute Gasteiger partial charge is 0.123 e. The van der Waals surface area contributed by atoms with Crippen molar-refractivity contribution in [1.82, 2.24) is 0 Å². The topological polar surface area (TPSA) is 9.23 Å². The van der Waals surface area contributed by atoms with E-state index in [0.717, 1.165) is 18.8 Å². The van der Waals surface area contributed by atoms with E-state index in [4.69, 9.17) is 4.74 Å². The molecule has 0 radical (unpaired) electrons. The number of ether oxygens (including phenoxy) is 1. The van der Waals surface area contributed by atoms with Crippen LogP contribution in [-0.2, 0) is 5.41 Å². The van der Waals surface area contributed by atoms with Crippen molar-refractivity contribution >= 4 is 0 Å². The van der Waals surface area contributed by atoms with Gasteiger partial charge < -0.3 is 4.74 Å². The predicted molar refractivity (Wildman–Crippen MR) is 77.1 cm³/mol. The van der Waals surface area contributed by atoms with Gasteiger partial charge in [0.1, 0.15) is 5.75 Å². The monoisotopic (exact) mass is 246 g/mol. The van der Waals surface area contributed by atoms with Gasteiger partial charge in [-0.2, -0.15) is 0 Å². The Balaban J connectivity index is 2.72. The normalized spacial score (nSPS) is 19.0. The fourth-order valence-corrected chi connectivity index (χ4v) is 4.08. The van der Waals surface area contributed by atoms with Crippen molar-refractivity contribution in [3.05, 3.63) is 29.8 Å². The lowest BCUT2D eigenvalue weighted by Gasteiger charge is -2.56. The summed E-state index contributed by atoms with van der Waals surface area (Å²) in [4.78, 5) is 0. The highest BCUT2D eigenvalue weighted by Gasteiger charge is 2.53. The SMILES string of the molecule is CC(C)(C)C1(C(C)(C)C)CCOc2ccccc21. The summed E-state index contributed by atoms with van der Waals surface area (Å²) in [5, 5.41) is 0. The summed E-state index contributed by atoms with van der Waals surface area (Å²) in [5.41, 5.74) is 1.97. The Morgan fingerprint density at radius 3 is 2.06 bits per heavy atom. The molecular weight excluding hydrogens is 220 g/mol. The molecule has 1 aliphatic rings. The third-order valence-corrected chi connectivity index (χ3v) is 4.64. The molecule has 1 aliphatic heterocycles. The van der Waals surface area contributed by atoms with Crippen molar-refractivity contribution in [3.8, 4) is 5.75 Å². The molecule has 0 saturated carbocycles. The fourth-order valence-electron chi connectivity index (χ4n) is 4.08. The number of hydrogen-bond donors (Lipinski definition) is 0. The Morgan fingerprint density at radius 1 is 0.944 bits per heavy atom. The van der Waals surface area contributed by atoms with Crippen LogP contribution in [0.3, 0.4) is 0 Å². The second kappa shape index (κ2) is 4.01. The van der Waals surface area contributed by atoms with E-state index in [0.29, 0.717) is 0 Å². The molecule has 0 bridgehead atoms. The molecule has 0 aromatic heterocycles. The number of fused-ring (bicyclic) bond motifs is 1. The first-order valence-corrected chi connectivity index (χ1v) is 6.92. The van der Waals surface area contributed by atoms with Crippen molar-refractivity contribution in [1.29, 1.82) is 0 Å². The van der Waals surface area contributed by atoms with Gasteiger partial charge in [-0.25, -0.2) is 0 Å². The lowest BCUT2D eigenvalue weighted by Crippen LogP contribution is -2.52. The second-order valence-corrected chi connectivity index (χ2v) is 7.50. The van der Waals surface area contributed by atoms with Gasteiger partial charge in [0.25, 0.3) is 0 Å². The molecule has 18 heavy (non-hydrogen) atoms. The van der Waals surface area contributed by atoms with Crippen LogP contribution in [0.5, 0.6) is 5.75 Å². The summed E-state index contributed by atoms with van der Waals surface area (Å²) in [6, 6.07) is 8.58. The van der Waals surface area contributed by atoms with Gasteiger partial charge >= 0.3 is 0 Å². The lowest BCUT2D eigenvalue weighted by molar-refractivity contribution is 0.0121. The summed E-state index contributed by atoms with van der Waals surface area (Å²) in [6.45, 7) is 15.0. The molecule has 0 N–H and O–H groups in total. The van der Waals surface area contributed by atoms with Crippen LogP contribution in [-0.4, -0.2) is 6.61 Å². The van der Waals surface area contributed by atoms with Crippen LogP contribution in [0.4, 0.5) is 0 Å². The molecule has 1 aromatic carbocycles. The van der Waals surface area contributed by atoms with Crippen LogP contribution in [0.15, 0.2) is 24.3 Å². The van der Waals surface area contributed by atoms with Gasteiger partial charge in [0.15, 0.2) is 0 Å². The van der Waals surface area contributed by atoms with E-state index in [2.05, 4.69) is 65.8 Å². The highest BCUT2D eigenvalue weighted by atomic mass is 16.5. The Labute approximate surface area is 112 Å². The fraction of sp³-hybridized carbons (Fsp3) is 0.647. The van der Waals surface area contributed by atoms with E-state index < -0.39 is 0 Å². The molecule has 1 nitrogen and oxygen atoms in total. The van der Waals surface area contributed by atoms with Gasteiger partial charge in [0.2, 0.25) is 0 Å². The van der Waals surface area contributed by atoms with E-state index in [1.54, 1.807) is 0 Å². The molecule has 0 saturated heterocycles. The zero-order chi connectivity index (χ0) is 13.6. The van der Waals surface area contributed by atoms with E-state index in [9.17, 15) is 0 Å². The molecule has 2 rings (SSSR count). The molecule has 0 atom stereocenters. The van der Waals surface area contributed by atoms with Gasteiger partial charge in [-0.1, -0.05) is 59.7 Å². The van der Waals surface area contributed by atoms with Crippen LogP contribution in [0.25, 0.3) is 0 Å². The van der Waals surface area contributed by atoms with Crippen molar-refractivity contribution in [2.24, 2.45) is 10.8 Å². The maximum Gasteiger partial charge on any atom is 0.123 e. The van der Waals surface area contributed by atoms with Crippen LogP contribution in [0.2, 0.25) is 0 Å². The van der Waals surface area contributed by atoms with Crippen molar-refractivity contribution in [2.45, 2.75) is 53.4 Å². The standard InChI is InChI=1S/C17H26O/c1-15(2,3)17(16(4,5)6)11-12-18-14-10-8-7-9-13(14)17/h7-10H,11-12H2,1-6H3. The van der Waals surface area contributed by atoms with Gasteiger partial charge in [-0.05, 0) is 23.3 Å². The predicted octanol–water partition coefficient (Wildman–Crippen LogP) is 4.80. The largest absolute Gasteiger partial charge is 0.493 e. The Kier molecular flexibility index (Phi) is 3.00. The molecule has 0 aliphatic carbocycles. The molecule has 100 valence electrons. The lowest BCUT2D eigenvalue weighted by atomic mass is 9.49. The summed E-state index contributed by atoms with van der Waals surface area (Å²) < 4.78 is 5.87. The number of benzene rings is 1. The highest BCUT2D eigenvalue weighted by molar-refractivity contribution is 5.44. The van der Waals surface area contributed by atoms with Gasteiger partial charge in [-0.3, -0.25) is 0 Å². The van der Waals surface area contributed by atoms with E-state index in [1.807, 2.05) is 0 Å². The van der Waals surface area contributed by atoms with Gasteiger partial charge in [0, 0.05) is 11.0 Å². The van der Waals surface area contributed by atoms with Crippen LogP contribution >= 0.6 is 0 Å². The molecule has 1 heterocycles. The molecule has 1 aromatic rings. The van der Waals surface area contributed by atoms with Crippen LogP contribution in [0, 0.1) is 10.8 Å². The number of rotatable bonds is 0. The first-order valence-electron chi connectivity index (χ1n) is 6.92. The summed E-state index contributed by atoms with van der Waals surface area (Å²) >= 11 is 0. The summed E-state index contributed by atoms with van der Waals surface area (Å²) in [5.74, 6) is 1.08. The minimum absolute atomic E-state index is 0.162. The Bertz CT molecular complexity index is 418. The maximum absolute atomic E-state index is 5.87. The maximum atomic E-state index is 5.87. The molecule has 1 heteroatoms. The van der Waals surface area contributed by atoms with Crippen LogP contribution in [0.1, 0.15) is 53.5 Å². The third-order valence-electron chi connectivity index (χ3n) is 4.64. The number of hydrogen-bond acceptors (Lipinski definition) is 1. The Morgan fingerprint density at radius 2 is 1.50 bits per heavy atom. The van der Waals surface area contributed by atoms with Crippen molar-refractivity contribution in [2.75, 3.05) is 6.61 Å². The van der Waals surface area contributed by atoms with E-state index in [1.165, 1.54) is 5.56 Å².